The number of alkyl halides is 3. The van der Waals surface area contributed by atoms with Crippen LogP contribution in [0.5, 0.6) is 0 Å². The fourth-order valence-corrected chi connectivity index (χ4v) is 1.78. The van der Waals surface area contributed by atoms with Crippen molar-refractivity contribution in [2.24, 2.45) is 4.99 Å². The van der Waals surface area contributed by atoms with Crippen LogP contribution in [0.25, 0.3) is 0 Å². The third-order valence-corrected chi connectivity index (χ3v) is 2.83. The van der Waals surface area contributed by atoms with Crippen LogP contribution in [0.3, 0.4) is 0 Å². The van der Waals surface area contributed by atoms with Crippen LogP contribution in [0.1, 0.15) is 32.8 Å². The molecular weight excluding hydrogens is 323 g/mol. The molecule has 0 aliphatic carbocycles. The van der Waals surface area contributed by atoms with Crippen LogP contribution in [0.4, 0.5) is 13.2 Å². The van der Waals surface area contributed by atoms with E-state index in [1.807, 2.05) is 0 Å². The highest BCUT2D eigenvalue weighted by atomic mass is 19.4. The van der Waals surface area contributed by atoms with E-state index < -0.39 is 36.0 Å². The van der Waals surface area contributed by atoms with Crippen LogP contribution in [0, 0.1) is 0 Å². The van der Waals surface area contributed by atoms with Crippen molar-refractivity contribution >= 4 is 18.0 Å². The predicted octanol–water partition coefficient (Wildman–Crippen LogP) is 3.53. The monoisotopic (exact) mass is 343 g/mol. The normalized spacial score (nSPS) is 13.8. The fraction of sp³-hybridized carbons (Fsp3) is 0.471. The lowest BCUT2D eigenvalue weighted by atomic mass is 10.1. The summed E-state index contributed by atoms with van der Waals surface area (Å²) in [6.45, 7) is 5.05. The molecule has 1 aromatic carbocycles. The molecule has 4 nitrogen and oxygen atoms in total. The average Bonchev–Trinajstić information content (AvgIpc) is 2.44. The number of benzene rings is 1. The van der Waals surface area contributed by atoms with Crippen LogP contribution < -0.4 is 0 Å². The van der Waals surface area contributed by atoms with Crippen LogP contribution in [0.15, 0.2) is 35.3 Å². The number of rotatable bonds is 6. The van der Waals surface area contributed by atoms with Crippen molar-refractivity contribution in [2.75, 3.05) is 0 Å². The van der Waals surface area contributed by atoms with Gasteiger partial charge >= 0.3 is 12.1 Å². The van der Waals surface area contributed by atoms with Crippen molar-refractivity contribution in [1.29, 1.82) is 0 Å². The standard InChI is InChI=1S/C17H20F3NO3/c1-16(2,3)24-15(23)13(11-12-7-5-4-6-8-12)21-10-9-14(22)17(18,19)20/h4-8,10,13H,9,11H2,1-3H3/t13-/m0/s1. The molecule has 0 unspecified atom stereocenters. The second kappa shape index (κ2) is 8.08. The van der Waals surface area contributed by atoms with E-state index >= 15 is 0 Å². The summed E-state index contributed by atoms with van der Waals surface area (Å²) in [5.74, 6) is -2.56. The summed E-state index contributed by atoms with van der Waals surface area (Å²) >= 11 is 0. The van der Waals surface area contributed by atoms with E-state index in [9.17, 15) is 22.8 Å². The van der Waals surface area contributed by atoms with Crippen LogP contribution in [-0.4, -0.2) is 35.8 Å². The maximum absolute atomic E-state index is 12.2. The summed E-state index contributed by atoms with van der Waals surface area (Å²) in [5.41, 5.74) is 0.0382. The Balaban J connectivity index is 2.84. The number of aliphatic imine (C=N–C) groups is 1. The Morgan fingerprint density at radius 2 is 1.75 bits per heavy atom. The second-order valence-corrected chi connectivity index (χ2v) is 6.20. The highest BCUT2D eigenvalue weighted by Crippen LogP contribution is 2.17. The van der Waals surface area contributed by atoms with E-state index in [1.165, 1.54) is 0 Å². The number of hydrogen-bond acceptors (Lipinski definition) is 4. The van der Waals surface area contributed by atoms with Crippen molar-refractivity contribution in [2.45, 2.75) is 51.4 Å². The lowest BCUT2D eigenvalue weighted by molar-refractivity contribution is -0.169. The molecule has 0 bridgehead atoms. The van der Waals surface area contributed by atoms with Gasteiger partial charge < -0.3 is 4.74 Å². The number of nitrogens with zero attached hydrogens (tertiary/aromatic N) is 1. The highest BCUT2D eigenvalue weighted by Gasteiger charge is 2.37. The van der Waals surface area contributed by atoms with Gasteiger partial charge in [-0.3, -0.25) is 9.79 Å². The molecule has 24 heavy (non-hydrogen) atoms. The molecule has 0 amide bonds. The SMILES string of the molecule is CC(C)(C)OC(=O)[C@H](Cc1ccccc1)N=CCC(=O)C(F)(F)F. The van der Waals surface area contributed by atoms with Gasteiger partial charge in [0.05, 0.1) is 6.42 Å². The number of esters is 1. The van der Waals surface area contributed by atoms with Crippen LogP contribution >= 0.6 is 0 Å². The van der Waals surface area contributed by atoms with E-state index in [1.54, 1.807) is 51.1 Å². The second-order valence-electron chi connectivity index (χ2n) is 6.20. The van der Waals surface area contributed by atoms with Gasteiger partial charge in [0.1, 0.15) is 5.60 Å². The first-order chi connectivity index (χ1) is 11.0. The van der Waals surface area contributed by atoms with Gasteiger partial charge in [0.25, 0.3) is 0 Å². The Hall–Kier alpha value is -2.18. The summed E-state index contributed by atoms with van der Waals surface area (Å²) in [6, 6.07) is 7.89. The molecular formula is C17H20F3NO3. The Bertz CT molecular complexity index is 589. The van der Waals surface area contributed by atoms with Gasteiger partial charge in [-0.25, -0.2) is 4.79 Å². The predicted molar refractivity (Wildman–Crippen MR) is 84.0 cm³/mol. The average molecular weight is 343 g/mol. The van der Waals surface area contributed by atoms with Gasteiger partial charge in [0.15, 0.2) is 6.04 Å². The maximum Gasteiger partial charge on any atom is 0.450 e. The van der Waals surface area contributed by atoms with Crippen LogP contribution in [0.2, 0.25) is 0 Å². The molecule has 1 aromatic rings. The lowest BCUT2D eigenvalue weighted by Gasteiger charge is -2.22. The van der Waals surface area contributed by atoms with Gasteiger partial charge in [-0.15, -0.1) is 0 Å². The third kappa shape index (κ3) is 7.39. The Kier molecular flexibility index (Phi) is 6.69. The smallest absolute Gasteiger partial charge is 0.450 e. The highest BCUT2D eigenvalue weighted by molar-refractivity contribution is 5.95. The molecule has 0 N–H and O–H groups in total. The first kappa shape index (κ1) is 19.9. The quantitative estimate of drug-likeness (QED) is 0.586. The molecule has 0 radical (unpaired) electrons. The summed E-state index contributed by atoms with van der Waals surface area (Å²) in [6.07, 6.45) is -4.82. The van der Waals surface area contributed by atoms with Crippen molar-refractivity contribution in [3.8, 4) is 0 Å². The minimum Gasteiger partial charge on any atom is -0.458 e. The van der Waals surface area contributed by atoms with Crippen LogP contribution in [-0.2, 0) is 20.7 Å². The van der Waals surface area contributed by atoms with Gasteiger partial charge in [-0.1, -0.05) is 30.3 Å². The van der Waals surface area contributed by atoms with Gasteiger partial charge in [0, 0.05) is 12.6 Å². The Labute approximate surface area is 138 Å². The molecule has 0 spiro atoms. The van der Waals surface area contributed by atoms with Crippen molar-refractivity contribution in [1.82, 2.24) is 0 Å². The maximum atomic E-state index is 12.2. The number of ketones is 1. The molecule has 0 fully saturated rings. The number of hydrogen-bond donors (Lipinski definition) is 0. The van der Waals surface area contributed by atoms with Crippen molar-refractivity contribution < 1.29 is 27.5 Å². The third-order valence-electron chi connectivity index (χ3n) is 2.83. The fourth-order valence-electron chi connectivity index (χ4n) is 1.78. The molecule has 1 rings (SSSR count). The Morgan fingerprint density at radius 3 is 2.25 bits per heavy atom. The topological polar surface area (TPSA) is 55.7 Å². The van der Waals surface area contributed by atoms with E-state index in [0.29, 0.717) is 0 Å². The molecule has 132 valence electrons. The Morgan fingerprint density at radius 1 is 1.17 bits per heavy atom. The molecule has 0 saturated carbocycles. The molecule has 0 saturated heterocycles. The molecule has 7 heteroatoms. The zero-order valence-corrected chi connectivity index (χ0v) is 13.8. The summed E-state index contributed by atoms with van der Waals surface area (Å²) in [4.78, 5) is 26.9. The number of carbonyl (C=O) groups excluding carboxylic acids is 2. The summed E-state index contributed by atoms with van der Waals surface area (Å²) in [5, 5.41) is 0. The summed E-state index contributed by atoms with van der Waals surface area (Å²) in [7, 11) is 0. The lowest BCUT2D eigenvalue weighted by Crippen LogP contribution is -2.32. The first-order valence-electron chi connectivity index (χ1n) is 7.37. The number of ether oxygens (including phenoxy) is 1. The van der Waals surface area contributed by atoms with E-state index in [-0.39, 0.29) is 6.42 Å². The van der Waals surface area contributed by atoms with Gasteiger partial charge in [-0.2, -0.15) is 13.2 Å². The van der Waals surface area contributed by atoms with Gasteiger partial charge in [-0.05, 0) is 26.3 Å². The molecule has 0 heterocycles. The van der Waals surface area contributed by atoms with E-state index in [4.69, 9.17) is 4.74 Å². The zero-order valence-electron chi connectivity index (χ0n) is 13.8. The number of Topliss-reactive ketones (excluding diaryl/α,β-unsaturated/α-hetero) is 1. The van der Waals surface area contributed by atoms with E-state index in [0.717, 1.165) is 11.8 Å². The van der Waals surface area contributed by atoms with Gasteiger partial charge in [0.2, 0.25) is 5.78 Å². The van der Waals surface area contributed by atoms with Crippen molar-refractivity contribution in [3.05, 3.63) is 35.9 Å². The minimum atomic E-state index is -4.91. The largest absolute Gasteiger partial charge is 0.458 e. The molecule has 0 aliphatic rings. The van der Waals surface area contributed by atoms with E-state index in [2.05, 4.69) is 4.99 Å². The molecule has 0 aliphatic heterocycles. The zero-order chi connectivity index (χ0) is 18.4. The first-order valence-corrected chi connectivity index (χ1v) is 7.37. The number of halogens is 3. The summed E-state index contributed by atoms with van der Waals surface area (Å²) < 4.78 is 41.8. The molecule has 0 aromatic heterocycles. The molecule has 1 atom stereocenters. The van der Waals surface area contributed by atoms with Crippen molar-refractivity contribution in [3.63, 3.8) is 0 Å². The number of carbonyl (C=O) groups is 2. The minimum absolute atomic E-state index is 0.173.